The number of amides is 1. The predicted octanol–water partition coefficient (Wildman–Crippen LogP) is 1.40. The van der Waals surface area contributed by atoms with Gasteiger partial charge in [0.05, 0.1) is 18.4 Å². The van der Waals surface area contributed by atoms with E-state index in [4.69, 9.17) is 9.52 Å². The van der Waals surface area contributed by atoms with Crippen LogP contribution in [0, 0.1) is 0 Å². The molecule has 19 heavy (non-hydrogen) atoms. The first-order valence-corrected chi connectivity index (χ1v) is 6.39. The van der Waals surface area contributed by atoms with Gasteiger partial charge >= 0.3 is 5.97 Å². The summed E-state index contributed by atoms with van der Waals surface area (Å²) in [6.45, 7) is 0. The summed E-state index contributed by atoms with van der Waals surface area (Å²) in [6.07, 6.45) is 4.83. The molecule has 2 rings (SSSR count). The van der Waals surface area contributed by atoms with E-state index >= 15 is 0 Å². The van der Waals surface area contributed by atoms with Crippen molar-refractivity contribution in [3.05, 3.63) is 23.7 Å². The number of nitrogens with one attached hydrogen (secondary N) is 1. The minimum absolute atomic E-state index is 0.166. The van der Waals surface area contributed by atoms with E-state index in [1.807, 2.05) is 0 Å². The van der Waals surface area contributed by atoms with Crippen LogP contribution in [-0.4, -0.2) is 34.2 Å². The zero-order valence-electron chi connectivity index (χ0n) is 10.5. The molecule has 1 heterocycles. The van der Waals surface area contributed by atoms with E-state index in [-0.39, 0.29) is 17.4 Å². The highest BCUT2D eigenvalue weighted by Gasteiger charge is 2.27. The fraction of sp³-hybridized carbons (Fsp3) is 0.538. The van der Waals surface area contributed by atoms with Gasteiger partial charge in [-0.05, 0) is 18.9 Å². The summed E-state index contributed by atoms with van der Waals surface area (Å²) in [6, 6.07) is 0.891. The van der Waals surface area contributed by atoms with Crippen molar-refractivity contribution in [3.8, 4) is 0 Å². The van der Waals surface area contributed by atoms with E-state index in [2.05, 4.69) is 5.32 Å². The van der Waals surface area contributed by atoms with Crippen LogP contribution in [0.4, 0.5) is 0 Å². The Balaban J connectivity index is 2.07. The second-order valence-corrected chi connectivity index (χ2v) is 4.75. The minimum atomic E-state index is -1.21. The Morgan fingerprint density at radius 3 is 2.74 bits per heavy atom. The molecule has 0 aliphatic heterocycles. The Bertz CT molecular complexity index is 467. The van der Waals surface area contributed by atoms with E-state index in [1.54, 1.807) is 0 Å². The fourth-order valence-electron chi connectivity index (χ4n) is 2.34. The van der Waals surface area contributed by atoms with Crippen LogP contribution in [-0.2, 0) is 0 Å². The molecule has 0 aromatic carbocycles. The van der Waals surface area contributed by atoms with Crippen molar-refractivity contribution < 1.29 is 24.2 Å². The zero-order chi connectivity index (χ0) is 13.8. The van der Waals surface area contributed by atoms with Crippen molar-refractivity contribution in [1.29, 1.82) is 0 Å². The Kier molecular flexibility index (Phi) is 4.21. The van der Waals surface area contributed by atoms with Gasteiger partial charge in [0.25, 0.3) is 5.91 Å². The van der Waals surface area contributed by atoms with Gasteiger partial charge in [-0.1, -0.05) is 19.3 Å². The van der Waals surface area contributed by atoms with E-state index in [1.165, 1.54) is 12.3 Å². The number of aromatic carboxylic acids is 1. The van der Waals surface area contributed by atoms with Crippen LogP contribution >= 0.6 is 0 Å². The maximum Gasteiger partial charge on any atom is 0.339 e. The Hall–Kier alpha value is -1.82. The maximum absolute atomic E-state index is 12.0. The average molecular weight is 267 g/mol. The molecule has 0 radical (unpaired) electrons. The van der Waals surface area contributed by atoms with Gasteiger partial charge in [-0.2, -0.15) is 0 Å². The Morgan fingerprint density at radius 1 is 1.26 bits per heavy atom. The number of aliphatic hydroxyl groups excluding tert-OH is 1. The number of rotatable bonds is 3. The first-order valence-electron chi connectivity index (χ1n) is 6.39. The summed E-state index contributed by atoms with van der Waals surface area (Å²) < 4.78 is 4.92. The first-order chi connectivity index (χ1) is 9.09. The highest BCUT2D eigenvalue weighted by Crippen LogP contribution is 2.19. The molecule has 1 aliphatic carbocycles. The number of hydrogen-bond donors (Lipinski definition) is 3. The molecule has 6 heteroatoms. The smallest absolute Gasteiger partial charge is 0.339 e. The molecule has 1 aliphatic rings. The van der Waals surface area contributed by atoms with Gasteiger partial charge in [-0.15, -0.1) is 0 Å². The normalized spacial score (nSPS) is 23.6. The van der Waals surface area contributed by atoms with Crippen molar-refractivity contribution in [2.45, 2.75) is 44.2 Å². The summed E-state index contributed by atoms with van der Waals surface area (Å²) in [4.78, 5) is 22.9. The number of aliphatic hydroxyl groups is 1. The van der Waals surface area contributed by atoms with E-state index < -0.39 is 18.0 Å². The van der Waals surface area contributed by atoms with Crippen LogP contribution in [0.1, 0.15) is 53.0 Å². The molecular formula is C13H17NO5. The van der Waals surface area contributed by atoms with Crippen LogP contribution in [0.3, 0.4) is 0 Å². The third kappa shape index (κ3) is 3.14. The molecule has 1 aromatic rings. The molecule has 1 aromatic heterocycles. The molecule has 1 saturated carbocycles. The van der Waals surface area contributed by atoms with Gasteiger partial charge in [-0.25, -0.2) is 4.79 Å². The number of carbonyl (C=O) groups excluding carboxylic acids is 1. The lowest BCUT2D eigenvalue weighted by Gasteiger charge is -2.21. The van der Waals surface area contributed by atoms with Gasteiger partial charge in [0.15, 0.2) is 0 Å². The Morgan fingerprint density at radius 2 is 2.00 bits per heavy atom. The molecule has 2 atom stereocenters. The SMILES string of the molecule is O=C(O)c1ccoc1C(=O)NC1CCCCCC1O. The monoisotopic (exact) mass is 267 g/mol. The van der Waals surface area contributed by atoms with Crippen molar-refractivity contribution in [3.63, 3.8) is 0 Å². The van der Waals surface area contributed by atoms with Crippen LogP contribution < -0.4 is 5.32 Å². The summed E-state index contributed by atoms with van der Waals surface area (Å²) in [7, 11) is 0. The number of furan rings is 1. The van der Waals surface area contributed by atoms with Crippen LogP contribution in [0.2, 0.25) is 0 Å². The second kappa shape index (κ2) is 5.88. The van der Waals surface area contributed by atoms with Crippen LogP contribution in [0.5, 0.6) is 0 Å². The van der Waals surface area contributed by atoms with Gasteiger partial charge in [-0.3, -0.25) is 4.79 Å². The molecule has 6 nitrogen and oxygen atoms in total. The molecule has 3 N–H and O–H groups in total. The number of carboxylic acids is 1. The molecule has 1 amide bonds. The van der Waals surface area contributed by atoms with Crippen molar-refractivity contribution in [2.24, 2.45) is 0 Å². The third-order valence-electron chi connectivity index (χ3n) is 3.40. The van der Waals surface area contributed by atoms with Crippen molar-refractivity contribution in [1.82, 2.24) is 5.32 Å². The topological polar surface area (TPSA) is 99.8 Å². The number of carboxylic acid groups (broad SMARTS) is 1. The van der Waals surface area contributed by atoms with Gasteiger partial charge in [0.2, 0.25) is 5.76 Å². The lowest BCUT2D eigenvalue weighted by molar-refractivity contribution is 0.0681. The van der Waals surface area contributed by atoms with Crippen LogP contribution in [0.25, 0.3) is 0 Å². The Labute approximate surface area is 110 Å². The minimum Gasteiger partial charge on any atom is -0.478 e. The summed E-state index contributed by atoms with van der Waals surface area (Å²) in [5.74, 6) is -2.02. The molecule has 0 spiro atoms. The van der Waals surface area contributed by atoms with Crippen molar-refractivity contribution >= 4 is 11.9 Å². The molecule has 0 saturated heterocycles. The van der Waals surface area contributed by atoms with Crippen LogP contribution in [0.15, 0.2) is 16.7 Å². The third-order valence-corrected chi connectivity index (χ3v) is 3.40. The van der Waals surface area contributed by atoms with Gasteiger partial charge < -0.3 is 19.9 Å². The summed E-state index contributed by atoms with van der Waals surface area (Å²) in [5, 5.41) is 21.5. The second-order valence-electron chi connectivity index (χ2n) is 4.75. The quantitative estimate of drug-likeness (QED) is 0.719. The number of carbonyl (C=O) groups is 2. The lowest BCUT2D eigenvalue weighted by atomic mass is 10.1. The summed E-state index contributed by atoms with van der Waals surface area (Å²) in [5.41, 5.74) is -0.166. The highest BCUT2D eigenvalue weighted by molar-refractivity contribution is 6.02. The molecule has 1 fully saturated rings. The maximum atomic E-state index is 12.0. The molecule has 104 valence electrons. The van der Waals surface area contributed by atoms with E-state index in [9.17, 15) is 14.7 Å². The zero-order valence-corrected chi connectivity index (χ0v) is 10.5. The average Bonchev–Trinajstić information content (AvgIpc) is 2.78. The highest BCUT2D eigenvalue weighted by atomic mass is 16.4. The first kappa shape index (κ1) is 13.6. The predicted molar refractivity (Wildman–Crippen MR) is 66.0 cm³/mol. The molecule has 2 unspecified atom stereocenters. The van der Waals surface area contributed by atoms with Gasteiger partial charge in [0, 0.05) is 0 Å². The van der Waals surface area contributed by atoms with E-state index in [0.717, 1.165) is 19.3 Å². The molecule has 0 bridgehead atoms. The molecular weight excluding hydrogens is 250 g/mol. The lowest BCUT2D eigenvalue weighted by Crippen LogP contribution is -2.42. The standard InChI is InChI=1S/C13H17NO5/c15-10-5-3-1-2-4-9(10)14-12(16)11-8(13(17)18)6-7-19-11/h6-7,9-10,15H,1-5H2,(H,14,16)(H,17,18). The number of hydrogen-bond acceptors (Lipinski definition) is 4. The fourth-order valence-corrected chi connectivity index (χ4v) is 2.34. The summed E-state index contributed by atoms with van der Waals surface area (Å²) >= 11 is 0. The largest absolute Gasteiger partial charge is 0.478 e. The van der Waals surface area contributed by atoms with E-state index in [0.29, 0.717) is 12.8 Å². The van der Waals surface area contributed by atoms with Crippen molar-refractivity contribution in [2.75, 3.05) is 0 Å². The van der Waals surface area contributed by atoms with Gasteiger partial charge in [0.1, 0.15) is 5.56 Å².